The zero-order valence-corrected chi connectivity index (χ0v) is 15.7. The average molecular weight is 386 g/mol. The van der Waals surface area contributed by atoms with Crippen molar-refractivity contribution >= 4 is 39.7 Å². The number of benzene rings is 1. The largest absolute Gasteiger partial charge is 0.326 e. The van der Waals surface area contributed by atoms with Crippen LogP contribution in [0.2, 0.25) is 0 Å². The molecule has 1 aromatic rings. The number of carbonyl (C=O) groups is 1. The van der Waals surface area contributed by atoms with Gasteiger partial charge in [0.2, 0.25) is 15.9 Å². The molecule has 2 N–H and O–H groups in total. The lowest BCUT2D eigenvalue weighted by atomic mass is 9.92. The number of carbonyl (C=O) groups excluding carboxylic acids is 1. The molecule has 1 unspecified atom stereocenters. The fourth-order valence-corrected chi connectivity index (χ4v) is 5.65. The van der Waals surface area contributed by atoms with E-state index in [0.717, 1.165) is 32.4 Å². The smallest absolute Gasteiger partial charge is 0.235 e. The van der Waals surface area contributed by atoms with Crippen molar-refractivity contribution in [1.29, 1.82) is 0 Å². The van der Waals surface area contributed by atoms with Crippen molar-refractivity contribution in [2.45, 2.75) is 25.7 Å². The number of nitrogens with zero attached hydrogens (tertiary/aromatic N) is 1. The molecule has 3 fully saturated rings. The van der Waals surface area contributed by atoms with E-state index in [0.29, 0.717) is 24.3 Å². The van der Waals surface area contributed by atoms with E-state index in [1.807, 2.05) is 6.07 Å². The predicted molar refractivity (Wildman–Crippen MR) is 101 cm³/mol. The Morgan fingerprint density at radius 3 is 2.72 bits per heavy atom. The maximum atomic E-state index is 12.5. The standard InChI is InChI=1S/C17H23N3O3S.ClH/c21-16(15-12-17(15)5-7-18-8-6-17)19-13-3-1-4-14(11-13)20-9-2-10-24(20,22)23;/h1,3-4,11,15,18H,2,5-10,12H2,(H,19,21);1H. The number of hydrogen-bond acceptors (Lipinski definition) is 4. The molecule has 0 radical (unpaired) electrons. The van der Waals surface area contributed by atoms with Gasteiger partial charge in [-0.25, -0.2) is 8.42 Å². The van der Waals surface area contributed by atoms with E-state index in [9.17, 15) is 13.2 Å². The fraction of sp³-hybridized carbons (Fsp3) is 0.588. The normalized spacial score (nSPS) is 26.1. The molecule has 0 aromatic heterocycles. The number of rotatable bonds is 3. The number of sulfonamides is 1. The highest BCUT2D eigenvalue weighted by atomic mass is 35.5. The minimum atomic E-state index is -3.20. The van der Waals surface area contributed by atoms with Gasteiger partial charge in [-0.15, -0.1) is 12.4 Å². The van der Waals surface area contributed by atoms with Gasteiger partial charge in [-0.05, 0) is 62.4 Å². The third-order valence-electron chi connectivity index (χ3n) is 5.61. The molecule has 6 nitrogen and oxygen atoms in total. The SMILES string of the molecule is Cl.O=C(Nc1cccc(N2CCCS2(=O)=O)c1)C1CC12CCNCC2. The Morgan fingerprint density at radius 2 is 2.04 bits per heavy atom. The molecule has 1 aromatic carbocycles. The molecule has 138 valence electrons. The van der Waals surface area contributed by atoms with E-state index in [2.05, 4.69) is 10.6 Å². The van der Waals surface area contributed by atoms with Crippen LogP contribution in [0, 0.1) is 11.3 Å². The molecule has 1 atom stereocenters. The molecule has 1 aliphatic carbocycles. The number of hydrogen-bond donors (Lipinski definition) is 2. The summed E-state index contributed by atoms with van der Waals surface area (Å²) in [5.41, 5.74) is 1.51. The van der Waals surface area contributed by atoms with E-state index in [-0.39, 0.29) is 35.4 Å². The van der Waals surface area contributed by atoms with Crippen LogP contribution in [0.3, 0.4) is 0 Å². The van der Waals surface area contributed by atoms with Crippen LogP contribution in [-0.2, 0) is 14.8 Å². The molecule has 25 heavy (non-hydrogen) atoms. The highest BCUT2D eigenvalue weighted by molar-refractivity contribution is 7.93. The quantitative estimate of drug-likeness (QED) is 0.833. The van der Waals surface area contributed by atoms with Crippen molar-refractivity contribution in [2.75, 3.05) is 35.0 Å². The van der Waals surface area contributed by atoms with Crippen molar-refractivity contribution in [3.8, 4) is 0 Å². The average Bonchev–Trinajstić information content (AvgIpc) is 3.12. The highest BCUT2D eigenvalue weighted by Gasteiger charge is 2.57. The second-order valence-corrected chi connectivity index (χ2v) is 9.16. The molecule has 4 rings (SSSR count). The molecule has 8 heteroatoms. The van der Waals surface area contributed by atoms with Gasteiger partial charge in [0.05, 0.1) is 11.4 Å². The second-order valence-electron chi connectivity index (χ2n) is 7.15. The molecule has 2 heterocycles. The van der Waals surface area contributed by atoms with Crippen molar-refractivity contribution in [2.24, 2.45) is 11.3 Å². The maximum Gasteiger partial charge on any atom is 0.235 e. The van der Waals surface area contributed by atoms with E-state index in [4.69, 9.17) is 0 Å². The Balaban J connectivity index is 0.00000182. The summed E-state index contributed by atoms with van der Waals surface area (Å²) >= 11 is 0. The van der Waals surface area contributed by atoms with E-state index < -0.39 is 10.0 Å². The van der Waals surface area contributed by atoms with E-state index >= 15 is 0 Å². The summed E-state index contributed by atoms with van der Waals surface area (Å²) in [6.07, 6.45) is 3.76. The van der Waals surface area contributed by atoms with Crippen LogP contribution >= 0.6 is 12.4 Å². The summed E-state index contributed by atoms with van der Waals surface area (Å²) in [7, 11) is -3.20. The Morgan fingerprint density at radius 1 is 1.28 bits per heavy atom. The third-order valence-corrected chi connectivity index (χ3v) is 7.48. The second kappa shape index (κ2) is 6.78. The van der Waals surface area contributed by atoms with Gasteiger partial charge < -0.3 is 10.6 Å². The zero-order chi connectivity index (χ0) is 16.8. The summed E-state index contributed by atoms with van der Waals surface area (Å²) in [6, 6.07) is 7.16. The van der Waals surface area contributed by atoms with Crippen molar-refractivity contribution < 1.29 is 13.2 Å². The Bertz CT molecular complexity index is 762. The third kappa shape index (κ3) is 3.50. The summed E-state index contributed by atoms with van der Waals surface area (Å²) in [5.74, 6) is 0.361. The highest BCUT2D eigenvalue weighted by Crippen LogP contribution is 2.58. The van der Waals surface area contributed by atoms with Crippen LogP contribution in [0.5, 0.6) is 0 Å². The molecule has 1 amide bonds. The zero-order valence-electron chi connectivity index (χ0n) is 14.0. The summed E-state index contributed by atoms with van der Waals surface area (Å²) in [6.45, 7) is 2.50. The molecule has 1 spiro atoms. The number of amides is 1. The monoisotopic (exact) mass is 385 g/mol. The summed E-state index contributed by atoms with van der Waals surface area (Å²) < 4.78 is 25.5. The van der Waals surface area contributed by atoms with Gasteiger partial charge in [0.1, 0.15) is 0 Å². The molecule has 1 saturated carbocycles. The first-order chi connectivity index (χ1) is 11.5. The van der Waals surface area contributed by atoms with E-state index in [1.165, 1.54) is 4.31 Å². The van der Waals surface area contributed by atoms with Crippen LogP contribution in [0.1, 0.15) is 25.7 Å². The Hall–Kier alpha value is -1.31. The number of piperidine rings is 1. The minimum Gasteiger partial charge on any atom is -0.326 e. The lowest BCUT2D eigenvalue weighted by Gasteiger charge is -2.23. The first kappa shape index (κ1) is 18.5. The molecular weight excluding hydrogens is 362 g/mol. The number of halogens is 1. The molecule has 2 saturated heterocycles. The fourth-order valence-electron chi connectivity index (χ4n) is 4.09. The van der Waals surface area contributed by atoms with Gasteiger partial charge in [-0.3, -0.25) is 9.10 Å². The maximum absolute atomic E-state index is 12.5. The predicted octanol–water partition coefficient (Wildman–Crippen LogP) is 1.98. The Kier molecular flexibility index (Phi) is 5.01. The van der Waals surface area contributed by atoms with Gasteiger partial charge >= 0.3 is 0 Å². The Labute approximate surface area is 154 Å². The van der Waals surface area contributed by atoms with Gasteiger partial charge in [-0.2, -0.15) is 0 Å². The summed E-state index contributed by atoms with van der Waals surface area (Å²) in [5, 5.41) is 6.33. The van der Waals surface area contributed by atoms with Crippen LogP contribution in [0.25, 0.3) is 0 Å². The van der Waals surface area contributed by atoms with Crippen LogP contribution < -0.4 is 14.9 Å². The van der Waals surface area contributed by atoms with Crippen LogP contribution in [-0.4, -0.2) is 39.7 Å². The van der Waals surface area contributed by atoms with Crippen molar-refractivity contribution in [3.05, 3.63) is 24.3 Å². The van der Waals surface area contributed by atoms with E-state index in [1.54, 1.807) is 18.2 Å². The lowest BCUT2D eigenvalue weighted by molar-refractivity contribution is -0.118. The number of anilines is 2. The minimum absolute atomic E-state index is 0. The number of nitrogens with one attached hydrogen (secondary N) is 2. The summed E-state index contributed by atoms with van der Waals surface area (Å²) in [4.78, 5) is 12.5. The molecular formula is C17H24ClN3O3S. The molecule has 2 aliphatic heterocycles. The van der Waals surface area contributed by atoms with Gasteiger partial charge in [0.15, 0.2) is 0 Å². The first-order valence-corrected chi connectivity index (χ1v) is 10.2. The van der Waals surface area contributed by atoms with Crippen molar-refractivity contribution in [1.82, 2.24) is 5.32 Å². The molecule has 0 bridgehead atoms. The van der Waals surface area contributed by atoms with Crippen LogP contribution in [0.15, 0.2) is 24.3 Å². The van der Waals surface area contributed by atoms with Crippen LogP contribution in [0.4, 0.5) is 11.4 Å². The van der Waals surface area contributed by atoms with Crippen molar-refractivity contribution in [3.63, 3.8) is 0 Å². The lowest BCUT2D eigenvalue weighted by Crippen LogP contribution is -2.31. The van der Waals surface area contributed by atoms with Gasteiger partial charge in [-0.1, -0.05) is 6.07 Å². The van der Waals surface area contributed by atoms with Gasteiger partial charge in [0.25, 0.3) is 0 Å². The van der Waals surface area contributed by atoms with Gasteiger partial charge in [0, 0.05) is 18.2 Å². The topological polar surface area (TPSA) is 78.5 Å². The first-order valence-electron chi connectivity index (χ1n) is 8.62. The molecule has 3 aliphatic rings.